The zero-order valence-electron chi connectivity index (χ0n) is 11.6. The Hall–Kier alpha value is -1.02. The molecule has 2 nitrogen and oxygen atoms in total. The van der Waals surface area contributed by atoms with Gasteiger partial charge in [0.2, 0.25) is 0 Å². The molecule has 1 aliphatic carbocycles. The van der Waals surface area contributed by atoms with Gasteiger partial charge in [-0.05, 0) is 56.3 Å². The highest BCUT2D eigenvalue weighted by Crippen LogP contribution is 2.26. The Morgan fingerprint density at radius 1 is 1.28 bits per heavy atom. The molecule has 0 heterocycles. The van der Waals surface area contributed by atoms with Gasteiger partial charge in [-0.3, -0.25) is 0 Å². The summed E-state index contributed by atoms with van der Waals surface area (Å²) >= 11 is 0. The van der Waals surface area contributed by atoms with E-state index in [0.717, 1.165) is 18.7 Å². The highest BCUT2D eigenvalue weighted by Gasteiger charge is 2.17. The molecule has 0 spiro atoms. The van der Waals surface area contributed by atoms with Gasteiger partial charge in [0.05, 0.1) is 6.10 Å². The Kier molecular flexibility index (Phi) is 5.06. The molecule has 0 bridgehead atoms. The van der Waals surface area contributed by atoms with Gasteiger partial charge in [0, 0.05) is 6.04 Å². The molecule has 0 saturated heterocycles. The van der Waals surface area contributed by atoms with E-state index in [-0.39, 0.29) is 0 Å². The first-order valence-corrected chi connectivity index (χ1v) is 7.33. The number of hydrogen-bond donors (Lipinski definition) is 1. The van der Waals surface area contributed by atoms with Crippen LogP contribution in [0.4, 0.5) is 0 Å². The second-order valence-corrected chi connectivity index (χ2v) is 5.12. The molecule has 0 amide bonds. The van der Waals surface area contributed by atoms with Crippen molar-refractivity contribution in [3.05, 3.63) is 29.8 Å². The third-order valence-electron chi connectivity index (χ3n) is 3.72. The summed E-state index contributed by atoms with van der Waals surface area (Å²) in [4.78, 5) is 0. The van der Waals surface area contributed by atoms with Crippen molar-refractivity contribution < 1.29 is 4.74 Å². The first kappa shape index (κ1) is 13.4. The first-order chi connectivity index (χ1) is 8.83. The van der Waals surface area contributed by atoms with Crippen LogP contribution in [0.5, 0.6) is 5.75 Å². The van der Waals surface area contributed by atoms with Crippen LogP contribution >= 0.6 is 0 Å². The minimum absolute atomic E-state index is 0.444. The number of rotatable bonds is 6. The Morgan fingerprint density at radius 2 is 2.06 bits per heavy atom. The van der Waals surface area contributed by atoms with Crippen LogP contribution in [0.15, 0.2) is 24.3 Å². The lowest BCUT2D eigenvalue weighted by atomic mass is 10.0. The molecule has 1 saturated carbocycles. The minimum atomic E-state index is 0.444. The van der Waals surface area contributed by atoms with E-state index >= 15 is 0 Å². The molecular weight excluding hydrogens is 222 g/mol. The Labute approximate surface area is 111 Å². The van der Waals surface area contributed by atoms with Crippen molar-refractivity contribution >= 4 is 0 Å². The van der Waals surface area contributed by atoms with E-state index in [9.17, 15) is 0 Å². The predicted molar refractivity (Wildman–Crippen MR) is 76.0 cm³/mol. The minimum Gasteiger partial charge on any atom is -0.490 e. The lowest BCUT2D eigenvalue weighted by Gasteiger charge is -2.18. The maximum atomic E-state index is 6.06. The zero-order chi connectivity index (χ0) is 12.8. The standard InChI is InChI=1S/C16H25NO/c1-3-16(17-4-2)13-8-7-11-15(12-13)18-14-9-5-6-10-14/h7-8,11-12,14,16-17H,3-6,9-10H2,1-2H3. The average Bonchev–Trinajstić information content (AvgIpc) is 2.89. The lowest BCUT2D eigenvalue weighted by Crippen LogP contribution is -2.20. The zero-order valence-corrected chi connectivity index (χ0v) is 11.6. The molecule has 1 atom stereocenters. The molecular formula is C16H25NO. The van der Waals surface area contributed by atoms with Crippen molar-refractivity contribution in [1.82, 2.24) is 5.32 Å². The highest BCUT2D eigenvalue weighted by molar-refractivity contribution is 5.30. The van der Waals surface area contributed by atoms with Gasteiger partial charge in [0.15, 0.2) is 0 Å². The number of ether oxygens (including phenoxy) is 1. The second-order valence-electron chi connectivity index (χ2n) is 5.12. The maximum Gasteiger partial charge on any atom is 0.120 e. The topological polar surface area (TPSA) is 21.3 Å². The monoisotopic (exact) mass is 247 g/mol. The van der Waals surface area contributed by atoms with Crippen LogP contribution in [0.3, 0.4) is 0 Å². The van der Waals surface area contributed by atoms with E-state index in [1.54, 1.807) is 0 Å². The van der Waals surface area contributed by atoms with Crippen LogP contribution in [0, 0.1) is 0 Å². The summed E-state index contributed by atoms with van der Waals surface area (Å²) in [6.07, 6.45) is 6.63. The molecule has 100 valence electrons. The number of benzene rings is 1. The van der Waals surface area contributed by atoms with Gasteiger partial charge in [-0.25, -0.2) is 0 Å². The summed E-state index contributed by atoms with van der Waals surface area (Å²) in [5.41, 5.74) is 1.34. The molecule has 1 fully saturated rings. The number of nitrogens with one attached hydrogen (secondary N) is 1. The molecule has 0 aliphatic heterocycles. The Bertz CT molecular complexity index is 358. The Morgan fingerprint density at radius 3 is 2.72 bits per heavy atom. The van der Waals surface area contributed by atoms with E-state index in [2.05, 4.69) is 43.4 Å². The summed E-state index contributed by atoms with van der Waals surface area (Å²) in [6.45, 7) is 5.38. The third-order valence-corrected chi connectivity index (χ3v) is 3.72. The smallest absolute Gasteiger partial charge is 0.120 e. The molecule has 2 rings (SSSR count). The van der Waals surface area contributed by atoms with Crippen LogP contribution in [-0.2, 0) is 0 Å². The summed E-state index contributed by atoms with van der Waals surface area (Å²) in [5, 5.41) is 3.51. The predicted octanol–water partition coefficient (Wildman–Crippen LogP) is 4.07. The van der Waals surface area contributed by atoms with Crippen LogP contribution < -0.4 is 10.1 Å². The van der Waals surface area contributed by atoms with E-state index in [4.69, 9.17) is 4.74 Å². The maximum absolute atomic E-state index is 6.06. The summed E-state index contributed by atoms with van der Waals surface area (Å²) < 4.78 is 6.06. The molecule has 1 aromatic carbocycles. The SMILES string of the molecule is CCNC(CC)c1cccc(OC2CCCC2)c1. The fourth-order valence-corrected chi connectivity index (χ4v) is 2.75. The lowest BCUT2D eigenvalue weighted by molar-refractivity contribution is 0.209. The van der Waals surface area contributed by atoms with E-state index in [1.807, 2.05) is 0 Å². The molecule has 1 unspecified atom stereocenters. The molecule has 2 heteroatoms. The van der Waals surface area contributed by atoms with E-state index in [1.165, 1.54) is 31.2 Å². The van der Waals surface area contributed by atoms with Crippen LogP contribution in [-0.4, -0.2) is 12.6 Å². The van der Waals surface area contributed by atoms with Gasteiger partial charge < -0.3 is 10.1 Å². The molecule has 0 aromatic heterocycles. The highest BCUT2D eigenvalue weighted by atomic mass is 16.5. The van der Waals surface area contributed by atoms with Crippen molar-refractivity contribution in [2.75, 3.05) is 6.54 Å². The van der Waals surface area contributed by atoms with Gasteiger partial charge in [0.25, 0.3) is 0 Å². The van der Waals surface area contributed by atoms with Crippen molar-refractivity contribution in [1.29, 1.82) is 0 Å². The number of hydrogen-bond acceptors (Lipinski definition) is 2. The second kappa shape index (κ2) is 6.79. The van der Waals surface area contributed by atoms with Gasteiger partial charge in [0.1, 0.15) is 5.75 Å². The summed E-state index contributed by atoms with van der Waals surface area (Å²) in [7, 11) is 0. The van der Waals surface area contributed by atoms with Crippen molar-refractivity contribution in [2.45, 2.75) is 58.1 Å². The molecule has 1 aromatic rings. The average molecular weight is 247 g/mol. The van der Waals surface area contributed by atoms with Crippen LogP contribution in [0.25, 0.3) is 0 Å². The van der Waals surface area contributed by atoms with Crippen molar-refractivity contribution in [3.63, 3.8) is 0 Å². The van der Waals surface area contributed by atoms with E-state index in [0.29, 0.717) is 12.1 Å². The molecule has 1 N–H and O–H groups in total. The summed E-state index contributed by atoms with van der Waals surface area (Å²) in [5.74, 6) is 1.04. The van der Waals surface area contributed by atoms with Gasteiger partial charge >= 0.3 is 0 Å². The summed E-state index contributed by atoms with van der Waals surface area (Å²) in [6, 6.07) is 9.04. The van der Waals surface area contributed by atoms with Crippen molar-refractivity contribution in [3.8, 4) is 5.75 Å². The normalized spacial score (nSPS) is 17.9. The third kappa shape index (κ3) is 3.49. The fraction of sp³-hybridized carbons (Fsp3) is 0.625. The largest absolute Gasteiger partial charge is 0.490 e. The van der Waals surface area contributed by atoms with Gasteiger partial charge in [-0.1, -0.05) is 26.0 Å². The van der Waals surface area contributed by atoms with Crippen LogP contribution in [0.2, 0.25) is 0 Å². The van der Waals surface area contributed by atoms with Gasteiger partial charge in [-0.2, -0.15) is 0 Å². The van der Waals surface area contributed by atoms with Crippen molar-refractivity contribution in [2.24, 2.45) is 0 Å². The fourth-order valence-electron chi connectivity index (χ4n) is 2.75. The Balaban J connectivity index is 2.03. The molecule has 1 aliphatic rings. The van der Waals surface area contributed by atoms with Crippen LogP contribution in [0.1, 0.15) is 57.6 Å². The quantitative estimate of drug-likeness (QED) is 0.818. The molecule has 18 heavy (non-hydrogen) atoms. The van der Waals surface area contributed by atoms with Gasteiger partial charge in [-0.15, -0.1) is 0 Å². The first-order valence-electron chi connectivity index (χ1n) is 7.33. The molecule has 0 radical (unpaired) electrons. The van der Waals surface area contributed by atoms with E-state index < -0.39 is 0 Å².